The van der Waals surface area contributed by atoms with E-state index in [1.807, 2.05) is 13.8 Å². The minimum absolute atomic E-state index is 0.0476. The number of nitrogens with one attached hydrogen (secondary N) is 1. The van der Waals surface area contributed by atoms with Crippen molar-refractivity contribution < 1.29 is 9.18 Å². The number of amides is 1. The van der Waals surface area contributed by atoms with Gasteiger partial charge in [0.2, 0.25) is 5.82 Å². The third-order valence-electron chi connectivity index (χ3n) is 5.04. The molecule has 0 bridgehead atoms. The number of fused-ring (bicyclic) bond motifs is 1. The molecular weight excluding hydrogens is 419 g/mol. The number of rotatable bonds is 5. The fraction of sp³-hybridized carbons (Fsp3) is 0.300. The predicted octanol–water partition coefficient (Wildman–Crippen LogP) is 3.53. The highest BCUT2D eigenvalue weighted by atomic mass is 32.1. The van der Waals surface area contributed by atoms with Crippen molar-refractivity contribution in [2.45, 2.75) is 26.3 Å². The number of hydrogen-bond acceptors (Lipinski definition) is 8. The number of hydrogen-bond donors (Lipinski definition) is 1. The van der Waals surface area contributed by atoms with Crippen molar-refractivity contribution in [1.82, 2.24) is 30.2 Å². The summed E-state index contributed by atoms with van der Waals surface area (Å²) in [6.45, 7) is 5.82. The van der Waals surface area contributed by atoms with Crippen LogP contribution in [0.5, 0.6) is 0 Å². The number of benzene rings is 1. The summed E-state index contributed by atoms with van der Waals surface area (Å²) in [6.07, 6.45) is 1.13. The first-order valence-corrected chi connectivity index (χ1v) is 10.7. The molecule has 5 rings (SSSR count). The van der Waals surface area contributed by atoms with E-state index in [4.69, 9.17) is 0 Å². The fourth-order valence-corrected chi connectivity index (χ4v) is 4.31. The highest BCUT2D eigenvalue weighted by Gasteiger charge is 2.21. The Morgan fingerprint density at radius 3 is 2.81 bits per heavy atom. The van der Waals surface area contributed by atoms with E-state index < -0.39 is 11.7 Å². The number of halogens is 1. The molecule has 1 aliphatic heterocycles. The Morgan fingerprint density at radius 2 is 2.06 bits per heavy atom. The number of carbonyl (C=O) groups excluding carboxylic acids is 1. The van der Waals surface area contributed by atoms with Gasteiger partial charge in [-0.15, -0.1) is 5.10 Å². The van der Waals surface area contributed by atoms with Gasteiger partial charge in [-0.05, 0) is 48.9 Å². The molecule has 0 radical (unpaired) electrons. The van der Waals surface area contributed by atoms with Crippen molar-refractivity contribution in [1.29, 1.82) is 0 Å². The average molecular weight is 438 g/mol. The highest BCUT2D eigenvalue weighted by molar-refractivity contribution is 7.22. The fourth-order valence-electron chi connectivity index (χ4n) is 3.28. The van der Waals surface area contributed by atoms with Crippen LogP contribution >= 0.6 is 11.3 Å². The van der Waals surface area contributed by atoms with Gasteiger partial charge >= 0.3 is 0 Å². The van der Waals surface area contributed by atoms with Gasteiger partial charge in [-0.25, -0.2) is 19.0 Å². The van der Waals surface area contributed by atoms with E-state index in [1.165, 1.54) is 17.4 Å². The Morgan fingerprint density at radius 1 is 1.23 bits per heavy atom. The van der Waals surface area contributed by atoms with Crippen molar-refractivity contribution in [3.63, 3.8) is 0 Å². The van der Waals surface area contributed by atoms with Crippen molar-refractivity contribution in [3.8, 4) is 11.5 Å². The van der Waals surface area contributed by atoms with Crippen LogP contribution in [0.25, 0.3) is 21.7 Å². The molecule has 1 N–H and O–H groups in total. The summed E-state index contributed by atoms with van der Waals surface area (Å²) in [5.74, 6) is -0.426. The maximum Gasteiger partial charge on any atom is 0.259 e. The van der Waals surface area contributed by atoms with E-state index in [1.54, 1.807) is 28.9 Å². The van der Waals surface area contributed by atoms with Gasteiger partial charge in [0.05, 0.1) is 21.8 Å². The maximum atomic E-state index is 14.7. The lowest BCUT2D eigenvalue weighted by Crippen LogP contribution is -2.36. The highest BCUT2D eigenvalue weighted by Crippen LogP contribution is 2.33. The van der Waals surface area contributed by atoms with Gasteiger partial charge in [0.15, 0.2) is 5.13 Å². The normalized spacial score (nSPS) is 13.6. The van der Waals surface area contributed by atoms with Gasteiger partial charge in [0.1, 0.15) is 17.3 Å². The van der Waals surface area contributed by atoms with Gasteiger partial charge in [0, 0.05) is 19.2 Å². The van der Waals surface area contributed by atoms with Crippen molar-refractivity contribution >= 4 is 38.4 Å². The predicted molar refractivity (Wildman–Crippen MR) is 116 cm³/mol. The number of pyridine rings is 1. The molecule has 0 saturated carbocycles. The SMILES string of the molecule is CC(C)n1nnnc1-c1cccc(NC(=O)c2cc3sc(N4CCC4)nc3cc2F)n1. The van der Waals surface area contributed by atoms with Gasteiger partial charge in [-0.1, -0.05) is 17.4 Å². The van der Waals surface area contributed by atoms with E-state index in [0.717, 1.165) is 29.3 Å². The molecule has 0 unspecified atom stereocenters. The molecule has 31 heavy (non-hydrogen) atoms. The molecule has 1 aliphatic rings. The number of anilines is 2. The van der Waals surface area contributed by atoms with Gasteiger partial charge in [-0.2, -0.15) is 0 Å². The summed E-state index contributed by atoms with van der Waals surface area (Å²) in [5, 5.41) is 15.2. The van der Waals surface area contributed by atoms with Crippen LogP contribution in [0.2, 0.25) is 0 Å². The van der Waals surface area contributed by atoms with Crippen LogP contribution < -0.4 is 10.2 Å². The van der Waals surface area contributed by atoms with Crippen LogP contribution in [0.1, 0.15) is 36.7 Å². The second-order valence-electron chi connectivity index (χ2n) is 7.54. The molecule has 1 amide bonds. The first-order valence-electron chi connectivity index (χ1n) is 9.91. The van der Waals surface area contributed by atoms with E-state index in [9.17, 15) is 9.18 Å². The lowest BCUT2D eigenvalue weighted by atomic mass is 10.2. The Hall–Kier alpha value is -3.47. The lowest BCUT2D eigenvalue weighted by molar-refractivity contribution is 0.102. The van der Waals surface area contributed by atoms with Crippen LogP contribution in [0, 0.1) is 5.82 Å². The molecule has 11 heteroatoms. The van der Waals surface area contributed by atoms with E-state index in [-0.39, 0.29) is 17.4 Å². The lowest BCUT2D eigenvalue weighted by Gasteiger charge is -2.30. The average Bonchev–Trinajstić information content (AvgIpc) is 3.33. The number of tetrazole rings is 1. The smallest absolute Gasteiger partial charge is 0.259 e. The zero-order valence-corrected chi connectivity index (χ0v) is 17.7. The van der Waals surface area contributed by atoms with Crippen molar-refractivity contribution in [2.75, 3.05) is 23.3 Å². The van der Waals surface area contributed by atoms with Crippen LogP contribution in [0.3, 0.4) is 0 Å². The Balaban J connectivity index is 1.41. The quantitative estimate of drug-likeness (QED) is 0.509. The molecule has 1 aromatic carbocycles. The molecule has 9 nitrogen and oxygen atoms in total. The van der Waals surface area contributed by atoms with E-state index in [2.05, 4.69) is 35.7 Å². The summed E-state index contributed by atoms with van der Waals surface area (Å²) < 4.78 is 17.1. The molecule has 1 saturated heterocycles. The molecule has 1 fully saturated rings. The summed E-state index contributed by atoms with van der Waals surface area (Å²) in [7, 11) is 0. The summed E-state index contributed by atoms with van der Waals surface area (Å²) in [6, 6.07) is 8.03. The molecule has 158 valence electrons. The second-order valence-corrected chi connectivity index (χ2v) is 8.55. The monoisotopic (exact) mass is 438 g/mol. The first kappa shape index (κ1) is 19.5. The molecule has 4 aromatic rings. The number of aromatic nitrogens is 6. The number of carbonyl (C=O) groups is 1. The Kier molecular flexibility index (Phi) is 4.81. The maximum absolute atomic E-state index is 14.7. The second kappa shape index (κ2) is 7.65. The Labute approximate surface area is 180 Å². The van der Waals surface area contributed by atoms with Crippen molar-refractivity contribution in [3.05, 3.63) is 41.7 Å². The number of thiazole rings is 1. The molecular formula is C20H19FN8OS. The van der Waals surface area contributed by atoms with Gasteiger partial charge in [0.25, 0.3) is 5.91 Å². The zero-order chi connectivity index (χ0) is 21.5. The van der Waals surface area contributed by atoms with Crippen LogP contribution in [-0.4, -0.2) is 49.2 Å². The Bertz CT molecular complexity index is 1280. The van der Waals surface area contributed by atoms with Gasteiger partial charge in [-0.3, -0.25) is 4.79 Å². The molecule has 0 atom stereocenters. The summed E-state index contributed by atoms with van der Waals surface area (Å²) in [5.41, 5.74) is 1.01. The van der Waals surface area contributed by atoms with Gasteiger partial charge < -0.3 is 10.2 Å². The minimum Gasteiger partial charge on any atom is -0.348 e. The largest absolute Gasteiger partial charge is 0.348 e. The van der Waals surface area contributed by atoms with Crippen LogP contribution in [0.15, 0.2) is 30.3 Å². The van der Waals surface area contributed by atoms with E-state index in [0.29, 0.717) is 17.0 Å². The van der Waals surface area contributed by atoms with Crippen LogP contribution in [0.4, 0.5) is 15.3 Å². The summed E-state index contributed by atoms with van der Waals surface area (Å²) >= 11 is 1.46. The third kappa shape index (κ3) is 3.61. The summed E-state index contributed by atoms with van der Waals surface area (Å²) in [4.78, 5) is 23.8. The molecule has 3 aromatic heterocycles. The topological polar surface area (TPSA) is 102 Å². The van der Waals surface area contributed by atoms with Crippen molar-refractivity contribution in [2.24, 2.45) is 0 Å². The third-order valence-corrected chi connectivity index (χ3v) is 6.12. The van der Waals surface area contributed by atoms with Crippen LogP contribution in [-0.2, 0) is 0 Å². The minimum atomic E-state index is -0.620. The number of nitrogens with zero attached hydrogens (tertiary/aromatic N) is 7. The molecule has 0 spiro atoms. The van der Waals surface area contributed by atoms with E-state index >= 15 is 0 Å². The standard InChI is InChI=1S/C20H19FN8OS/c1-11(2)29-18(25-26-27-29)14-5-3-6-17(22-14)24-19(30)12-9-16-15(10-13(12)21)23-20(31-16)28-7-4-8-28/h3,5-6,9-11H,4,7-8H2,1-2H3,(H,22,24,30). The first-order chi connectivity index (χ1) is 15.0. The molecule has 4 heterocycles. The zero-order valence-electron chi connectivity index (χ0n) is 16.9. The molecule has 0 aliphatic carbocycles.